The van der Waals surface area contributed by atoms with Gasteiger partial charge in [-0.25, -0.2) is 4.79 Å². The van der Waals surface area contributed by atoms with Crippen molar-refractivity contribution in [2.75, 3.05) is 19.0 Å². The van der Waals surface area contributed by atoms with Gasteiger partial charge in [0.1, 0.15) is 22.0 Å². The predicted octanol–water partition coefficient (Wildman–Crippen LogP) is 5.60. The van der Waals surface area contributed by atoms with E-state index in [4.69, 9.17) is 13.9 Å². The molecule has 0 atom stereocenters. The highest BCUT2D eigenvalue weighted by Crippen LogP contribution is 2.38. The molecule has 2 aromatic heterocycles. The van der Waals surface area contributed by atoms with Gasteiger partial charge in [0.25, 0.3) is 0 Å². The second-order valence-corrected chi connectivity index (χ2v) is 8.38. The minimum atomic E-state index is -0.472. The fraction of sp³-hybridized carbons (Fsp3) is 0.333. The van der Waals surface area contributed by atoms with E-state index >= 15 is 0 Å². The van der Waals surface area contributed by atoms with Gasteiger partial charge in [-0.15, -0.1) is 11.3 Å². The number of carbonyl (C=O) groups excluding carboxylic acids is 2. The molecule has 31 heavy (non-hydrogen) atoms. The van der Waals surface area contributed by atoms with Crippen LogP contribution in [0.2, 0.25) is 0 Å². The lowest BCUT2D eigenvalue weighted by molar-refractivity contribution is -0.111. The van der Waals surface area contributed by atoms with Crippen LogP contribution in [0, 0.1) is 0 Å². The van der Waals surface area contributed by atoms with Crippen molar-refractivity contribution in [1.29, 1.82) is 0 Å². The summed E-state index contributed by atoms with van der Waals surface area (Å²) in [6.07, 6.45) is 5.80. The van der Waals surface area contributed by atoms with Crippen LogP contribution in [0.3, 0.4) is 0 Å². The molecule has 1 amide bonds. The number of nitrogens with one attached hydrogen (secondary N) is 1. The van der Waals surface area contributed by atoms with Crippen LogP contribution < -0.4 is 10.1 Å². The molecule has 1 aromatic carbocycles. The molecule has 4 rings (SSSR count). The molecule has 6 nitrogen and oxygen atoms in total. The summed E-state index contributed by atoms with van der Waals surface area (Å²) in [7, 11) is 1.32. The van der Waals surface area contributed by atoms with Gasteiger partial charge in [0.2, 0.25) is 5.91 Å². The Balaban J connectivity index is 1.67. The second kappa shape index (κ2) is 8.98. The molecule has 7 heteroatoms. The number of benzene rings is 1. The van der Waals surface area contributed by atoms with Crippen LogP contribution >= 0.6 is 11.3 Å². The van der Waals surface area contributed by atoms with Gasteiger partial charge in [-0.05, 0) is 56.2 Å². The number of fused-ring (bicyclic) bond motifs is 3. The molecule has 0 saturated heterocycles. The Morgan fingerprint density at radius 3 is 2.84 bits per heavy atom. The smallest absolute Gasteiger partial charge is 0.350 e. The number of esters is 1. The average molecular weight is 440 g/mol. The molecular formula is C24H25NO5S. The first-order valence-electron chi connectivity index (χ1n) is 10.4. The molecule has 162 valence electrons. The van der Waals surface area contributed by atoms with E-state index < -0.39 is 5.97 Å². The topological polar surface area (TPSA) is 77.8 Å². The van der Waals surface area contributed by atoms with Gasteiger partial charge in [0, 0.05) is 35.1 Å². The van der Waals surface area contributed by atoms with Crippen molar-refractivity contribution >= 4 is 45.4 Å². The number of carbonyl (C=O) groups is 2. The number of aryl methyl sites for hydroxylation is 2. The molecule has 0 saturated carbocycles. The quantitative estimate of drug-likeness (QED) is 0.400. The van der Waals surface area contributed by atoms with Crippen LogP contribution in [0.4, 0.5) is 5.69 Å². The van der Waals surface area contributed by atoms with Gasteiger partial charge in [0.05, 0.1) is 19.4 Å². The largest absolute Gasteiger partial charge is 0.493 e. The van der Waals surface area contributed by atoms with Gasteiger partial charge < -0.3 is 19.2 Å². The van der Waals surface area contributed by atoms with E-state index in [1.807, 2.05) is 19.9 Å². The van der Waals surface area contributed by atoms with Crippen molar-refractivity contribution in [2.24, 2.45) is 0 Å². The van der Waals surface area contributed by atoms with Crippen molar-refractivity contribution in [1.82, 2.24) is 0 Å². The summed E-state index contributed by atoms with van der Waals surface area (Å²) in [5, 5.41) is 5.60. The van der Waals surface area contributed by atoms with Crippen molar-refractivity contribution < 1.29 is 23.5 Å². The van der Waals surface area contributed by atoms with Crippen LogP contribution in [0.5, 0.6) is 5.75 Å². The fourth-order valence-electron chi connectivity index (χ4n) is 3.97. The standard InChI is InChI=1S/C24H25NO5S/c1-4-29-20-13-21-17(15-7-5-6-8-19(15)30-21)12-16(20)14(2)11-22(26)25-18-9-10-31-23(18)24(27)28-3/h9-13H,4-8H2,1-3H3,(H,25,26)/b14-11+. The van der Waals surface area contributed by atoms with E-state index in [0.717, 1.165) is 53.5 Å². The van der Waals surface area contributed by atoms with Crippen LogP contribution in [-0.4, -0.2) is 25.6 Å². The molecule has 0 fully saturated rings. The predicted molar refractivity (Wildman–Crippen MR) is 122 cm³/mol. The molecule has 1 aliphatic carbocycles. The number of anilines is 1. The van der Waals surface area contributed by atoms with Crippen molar-refractivity contribution in [2.45, 2.75) is 39.5 Å². The summed E-state index contributed by atoms with van der Waals surface area (Å²) in [6, 6.07) is 5.68. The van der Waals surface area contributed by atoms with Crippen molar-refractivity contribution in [3.8, 4) is 5.75 Å². The molecule has 1 N–H and O–H groups in total. The van der Waals surface area contributed by atoms with Crippen LogP contribution in [-0.2, 0) is 22.4 Å². The Kier molecular flexibility index (Phi) is 6.13. The number of hydrogen-bond donors (Lipinski definition) is 1. The lowest BCUT2D eigenvalue weighted by Crippen LogP contribution is -2.11. The molecule has 2 heterocycles. The number of rotatable bonds is 6. The Morgan fingerprint density at radius 2 is 2.06 bits per heavy atom. The first-order chi connectivity index (χ1) is 15.0. The molecule has 3 aromatic rings. The highest BCUT2D eigenvalue weighted by atomic mass is 32.1. The highest BCUT2D eigenvalue weighted by molar-refractivity contribution is 7.12. The molecule has 0 bridgehead atoms. The van der Waals surface area contributed by atoms with Gasteiger partial charge in [-0.1, -0.05) is 0 Å². The minimum Gasteiger partial charge on any atom is -0.493 e. The Hall–Kier alpha value is -3.06. The van der Waals surface area contributed by atoms with Crippen LogP contribution in [0.1, 0.15) is 53.2 Å². The summed E-state index contributed by atoms with van der Waals surface area (Å²) >= 11 is 1.22. The SMILES string of the molecule is CCOc1cc2oc3c(c2cc1/C(C)=C/C(=O)Nc1ccsc1C(=O)OC)CCCC3. The van der Waals surface area contributed by atoms with Crippen molar-refractivity contribution in [3.63, 3.8) is 0 Å². The van der Waals surface area contributed by atoms with E-state index in [-0.39, 0.29) is 5.91 Å². The maximum atomic E-state index is 12.7. The number of thiophene rings is 1. The Morgan fingerprint density at radius 1 is 1.26 bits per heavy atom. The lowest BCUT2D eigenvalue weighted by atomic mass is 9.94. The van der Waals surface area contributed by atoms with Crippen molar-refractivity contribution in [3.05, 3.63) is 51.4 Å². The zero-order chi connectivity index (χ0) is 22.0. The van der Waals surface area contributed by atoms with Gasteiger partial charge in [-0.2, -0.15) is 0 Å². The van der Waals surface area contributed by atoms with E-state index in [0.29, 0.717) is 22.9 Å². The molecule has 0 spiro atoms. The average Bonchev–Trinajstić information content (AvgIpc) is 3.36. The zero-order valence-electron chi connectivity index (χ0n) is 17.9. The normalized spacial score (nSPS) is 13.7. The number of furan rings is 1. The van der Waals surface area contributed by atoms with E-state index in [9.17, 15) is 9.59 Å². The third-order valence-corrected chi connectivity index (χ3v) is 6.32. The summed E-state index contributed by atoms with van der Waals surface area (Å²) in [4.78, 5) is 24.9. The number of hydrogen-bond acceptors (Lipinski definition) is 6. The molecule has 1 aliphatic rings. The summed E-state index contributed by atoms with van der Waals surface area (Å²) < 4.78 is 16.7. The Labute approximate surface area is 184 Å². The van der Waals surface area contributed by atoms with E-state index in [1.165, 1.54) is 30.1 Å². The lowest BCUT2D eigenvalue weighted by Gasteiger charge is -2.12. The summed E-state index contributed by atoms with van der Waals surface area (Å²) in [6.45, 7) is 4.32. The molecule has 0 unspecified atom stereocenters. The minimum absolute atomic E-state index is 0.321. The molecular weight excluding hydrogens is 414 g/mol. The monoisotopic (exact) mass is 439 g/mol. The Bertz CT molecular complexity index is 1170. The van der Waals surface area contributed by atoms with Gasteiger partial charge in [0.15, 0.2) is 0 Å². The van der Waals surface area contributed by atoms with E-state index in [2.05, 4.69) is 11.4 Å². The number of allylic oxidation sites excluding steroid dienone is 1. The van der Waals surface area contributed by atoms with Gasteiger partial charge in [-0.3, -0.25) is 4.79 Å². The second-order valence-electron chi connectivity index (χ2n) is 7.46. The first kappa shape index (κ1) is 21.2. The molecule has 0 aliphatic heterocycles. The summed E-state index contributed by atoms with van der Waals surface area (Å²) in [5.74, 6) is 0.957. The number of amides is 1. The maximum absolute atomic E-state index is 12.7. The summed E-state index contributed by atoms with van der Waals surface area (Å²) in [5.41, 5.74) is 4.16. The van der Waals surface area contributed by atoms with Crippen LogP contribution in [0.15, 0.2) is 34.1 Å². The maximum Gasteiger partial charge on any atom is 0.350 e. The fourth-order valence-corrected chi connectivity index (χ4v) is 4.74. The third kappa shape index (κ3) is 4.23. The van der Waals surface area contributed by atoms with E-state index in [1.54, 1.807) is 11.4 Å². The molecule has 0 radical (unpaired) electrons. The number of ether oxygens (including phenoxy) is 2. The first-order valence-corrected chi connectivity index (χ1v) is 11.3. The third-order valence-electron chi connectivity index (χ3n) is 5.42. The van der Waals surface area contributed by atoms with Crippen LogP contribution in [0.25, 0.3) is 16.5 Å². The number of methoxy groups -OCH3 is 1. The zero-order valence-corrected chi connectivity index (χ0v) is 18.7. The van der Waals surface area contributed by atoms with Gasteiger partial charge >= 0.3 is 5.97 Å². The highest BCUT2D eigenvalue weighted by Gasteiger charge is 2.21.